The van der Waals surface area contributed by atoms with Gasteiger partial charge in [-0.15, -0.1) is 6.58 Å². The number of hydrogen-bond acceptors (Lipinski definition) is 4. The molecule has 8 unspecified atom stereocenters. The number of rotatable bonds is 7. The quantitative estimate of drug-likeness (QED) is 0.220. The molecule has 9 atom stereocenters. The van der Waals surface area contributed by atoms with Crippen molar-refractivity contribution < 1.29 is 18.5 Å². The van der Waals surface area contributed by atoms with E-state index >= 15 is 0 Å². The summed E-state index contributed by atoms with van der Waals surface area (Å²) in [5, 5.41) is 13.6. The van der Waals surface area contributed by atoms with Crippen LogP contribution in [0.2, 0.25) is 0 Å². The third-order valence-electron chi connectivity index (χ3n) is 15.5. The number of nitrogens with zero attached hydrogens (tertiary/aromatic N) is 1. The first-order valence-corrected chi connectivity index (χ1v) is 20.9. The smallest absolute Gasteiger partial charge is 0.338 e. The van der Waals surface area contributed by atoms with Crippen molar-refractivity contribution in [3.05, 3.63) is 53.9 Å². The Kier molecular flexibility index (Phi) is 10.8. The average Bonchev–Trinajstić information content (AvgIpc) is 3.49. The predicted octanol–water partition coefficient (Wildman–Crippen LogP) is 8.97. The zero-order chi connectivity index (χ0) is 35.2. The van der Waals surface area contributed by atoms with Gasteiger partial charge in [0.1, 0.15) is 5.82 Å². The predicted molar refractivity (Wildman–Crippen MR) is 200 cm³/mol. The van der Waals surface area contributed by atoms with E-state index < -0.39 is 22.6 Å². The molecule has 1 aromatic carbocycles. The molecule has 0 spiro atoms. The van der Waals surface area contributed by atoms with Gasteiger partial charge in [-0.05, 0) is 153 Å². The standard InChI is InChI=1S/C39H57FN2O3S.C3H6/c1-26-28(27-8-9-29(35(43)44)33(40)25-27)12-15-36(2)30(26)13-16-38(4)34(36)11-10-31-32-7-5-14-39(32,18-17-37(31,38)3)41-19-6-20-42-21-23-46(45)24-22-42;1-3-2/h8-9,12,25-26,30-32,34,41H,5-7,10-11,13-24H2,1-4H3,(H,43,44);3H,1H2,2H3/t26?,30?,31?,32?,34?,36?,37-,38?,39?;/m1./s1. The lowest BCUT2D eigenvalue weighted by molar-refractivity contribution is -0.211. The summed E-state index contributed by atoms with van der Waals surface area (Å²) in [5.74, 6) is 3.00. The molecule has 272 valence electrons. The van der Waals surface area contributed by atoms with Crippen molar-refractivity contribution in [1.29, 1.82) is 0 Å². The van der Waals surface area contributed by atoms with Crippen molar-refractivity contribution in [3.8, 4) is 0 Å². The minimum absolute atomic E-state index is 0.229. The lowest BCUT2D eigenvalue weighted by atomic mass is 9.34. The van der Waals surface area contributed by atoms with Gasteiger partial charge in [0.25, 0.3) is 0 Å². The number of carboxylic acids is 1. The van der Waals surface area contributed by atoms with E-state index in [1.54, 1.807) is 6.08 Å². The van der Waals surface area contributed by atoms with Crippen molar-refractivity contribution in [3.63, 3.8) is 0 Å². The van der Waals surface area contributed by atoms with Crippen molar-refractivity contribution >= 4 is 22.3 Å². The summed E-state index contributed by atoms with van der Waals surface area (Å²) in [6, 6.07) is 4.71. The van der Waals surface area contributed by atoms with Crippen LogP contribution < -0.4 is 5.32 Å². The van der Waals surface area contributed by atoms with Gasteiger partial charge in [0, 0.05) is 40.9 Å². The highest BCUT2D eigenvalue weighted by atomic mass is 32.2. The second-order valence-corrected chi connectivity index (χ2v) is 19.1. The number of carboxylic acid groups (broad SMARTS) is 1. The van der Waals surface area contributed by atoms with Crippen LogP contribution in [-0.2, 0) is 10.8 Å². The zero-order valence-corrected chi connectivity index (χ0v) is 31.8. The Bertz CT molecular complexity index is 1450. The second kappa shape index (κ2) is 14.3. The van der Waals surface area contributed by atoms with Gasteiger partial charge in [0.2, 0.25) is 0 Å². The van der Waals surface area contributed by atoms with Crippen LogP contribution in [0.25, 0.3) is 5.57 Å². The molecule has 0 bridgehead atoms. The monoisotopic (exact) mass is 694 g/mol. The molecule has 49 heavy (non-hydrogen) atoms. The number of nitrogens with one attached hydrogen (secondary N) is 1. The number of carbonyl (C=O) groups is 1. The van der Waals surface area contributed by atoms with E-state index in [0.29, 0.717) is 34.1 Å². The fourth-order valence-corrected chi connectivity index (χ4v) is 14.0. The summed E-state index contributed by atoms with van der Waals surface area (Å²) >= 11 is 0. The van der Waals surface area contributed by atoms with Gasteiger partial charge in [0.05, 0.1) is 5.56 Å². The number of benzene rings is 1. The summed E-state index contributed by atoms with van der Waals surface area (Å²) in [7, 11) is -0.600. The molecule has 1 heterocycles. The maximum atomic E-state index is 14.7. The average molecular weight is 695 g/mol. The Balaban J connectivity index is 0.00000134. The first-order valence-electron chi connectivity index (χ1n) is 19.5. The highest BCUT2D eigenvalue weighted by molar-refractivity contribution is 7.85. The SMILES string of the molecule is C=CC.CC1C(c2ccc(C(=O)O)c(F)c2)=CCC2(C)C1CCC1(C)C2CCC2C3CCCC3(NCCCN3CCS(=O)CC3)CC[C@]21C. The van der Waals surface area contributed by atoms with Gasteiger partial charge in [-0.25, -0.2) is 9.18 Å². The van der Waals surface area contributed by atoms with Crippen LogP contribution in [0.15, 0.2) is 36.9 Å². The first kappa shape index (κ1) is 36.9. The minimum Gasteiger partial charge on any atom is -0.478 e. The highest BCUT2D eigenvalue weighted by Gasteiger charge is 2.68. The van der Waals surface area contributed by atoms with Gasteiger partial charge < -0.3 is 15.3 Å². The number of aromatic carboxylic acids is 1. The van der Waals surface area contributed by atoms with E-state index in [0.717, 1.165) is 61.5 Å². The van der Waals surface area contributed by atoms with Crippen molar-refractivity contribution in [2.75, 3.05) is 37.7 Å². The van der Waals surface area contributed by atoms with Crippen LogP contribution in [-0.4, -0.2) is 63.4 Å². The maximum absolute atomic E-state index is 14.7. The van der Waals surface area contributed by atoms with Gasteiger partial charge >= 0.3 is 5.97 Å². The molecule has 4 saturated carbocycles. The molecular weight excluding hydrogens is 632 g/mol. The molecule has 5 aliphatic carbocycles. The Morgan fingerprint density at radius 1 is 1.04 bits per heavy atom. The molecule has 7 rings (SSSR count). The zero-order valence-electron chi connectivity index (χ0n) is 31.0. The van der Waals surface area contributed by atoms with Crippen molar-refractivity contribution in [1.82, 2.24) is 10.2 Å². The van der Waals surface area contributed by atoms with Gasteiger partial charge in [0.15, 0.2) is 0 Å². The second-order valence-electron chi connectivity index (χ2n) is 17.4. The first-order chi connectivity index (χ1) is 23.3. The maximum Gasteiger partial charge on any atom is 0.338 e. The molecule has 5 fully saturated rings. The van der Waals surface area contributed by atoms with E-state index in [4.69, 9.17) is 0 Å². The normalized spacial score (nSPS) is 40.4. The van der Waals surface area contributed by atoms with E-state index in [2.05, 4.69) is 50.6 Å². The fourth-order valence-electron chi connectivity index (χ4n) is 12.9. The van der Waals surface area contributed by atoms with E-state index in [9.17, 15) is 18.5 Å². The largest absolute Gasteiger partial charge is 0.478 e. The summed E-state index contributed by atoms with van der Waals surface area (Å²) < 4.78 is 26.5. The van der Waals surface area contributed by atoms with Crippen LogP contribution in [0, 0.1) is 51.7 Å². The third kappa shape index (κ3) is 6.34. The lowest BCUT2D eigenvalue weighted by Crippen LogP contribution is -2.67. The topological polar surface area (TPSA) is 69.6 Å². The van der Waals surface area contributed by atoms with E-state index in [1.807, 2.05) is 13.0 Å². The van der Waals surface area contributed by atoms with Crippen LogP contribution in [0.3, 0.4) is 0 Å². The lowest BCUT2D eigenvalue weighted by Gasteiger charge is -2.71. The summed E-state index contributed by atoms with van der Waals surface area (Å²) in [6.07, 6.45) is 18.3. The van der Waals surface area contributed by atoms with Crippen LogP contribution in [0.5, 0.6) is 0 Å². The number of allylic oxidation sites excluding steroid dienone is 3. The summed E-state index contributed by atoms with van der Waals surface area (Å²) in [6.45, 7) is 19.8. The molecule has 0 radical (unpaired) electrons. The number of halogens is 1. The molecular formula is C42H63FN2O3S. The fraction of sp³-hybridized carbons (Fsp3) is 0.738. The summed E-state index contributed by atoms with van der Waals surface area (Å²) in [4.78, 5) is 13.9. The molecule has 1 aromatic rings. The van der Waals surface area contributed by atoms with Crippen LogP contribution in [0.4, 0.5) is 4.39 Å². The van der Waals surface area contributed by atoms with Gasteiger partial charge in [-0.1, -0.05) is 52.3 Å². The molecule has 2 N–H and O–H groups in total. The molecule has 7 heteroatoms. The van der Waals surface area contributed by atoms with E-state index in [1.165, 1.54) is 81.9 Å². The Morgan fingerprint density at radius 3 is 2.47 bits per heavy atom. The molecule has 0 aromatic heterocycles. The van der Waals surface area contributed by atoms with Crippen LogP contribution >= 0.6 is 0 Å². The Morgan fingerprint density at radius 2 is 1.78 bits per heavy atom. The van der Waals surface area contributed by atoms with E-state index in [-0.39, 0.29) is 11.0 Å². The molecule has 5 nitrogen and oxygen atoms in total. The minimum atomic E-state index is -1.21. The highest BCUT2D eigenvalue weighted by Crippen LogP contribution is 2.75. The summed E-state index contributed by atoms with van der Waals surface area (Å²) in [5.41, 5.74) is 3.04. The Hall–Kier alpha value is -1.83. The molecule has 6 aliphatic rings. The van der Waals surface area contributed by atoms with Crippen LogP contribution in [0.1, 0.15) is 121 Å². The molecule has 0 amide bonds. The molecule has 1 aliphatic heterocycles. The van der Waals surface area contributed by atoms with Crippen molar-refractivity contribution in [2.24, 2.45) is 45.8 Å². The number of fused-ring (bicyclic) bond motifs is 7. The third-order valence-corrected chi connectivity index (χ3v) is 16.8. The van der Waals surface area contributed by atoms with Gasteiger partial charge in [-0.3, -0.25) is 4.21 Å². The van der Waals surface area contributed by atoms with Crippen molar-refractivity contribution in [2.45, 2.75) is 111 Å². The molecule has 1 saturated heterocycles. The van der Waals surface area contributed by atoms with Gasteiger partial charge in [-0.2, -0.15) is 0 Å². The Labute approximate surface area is 298 Å². The number of hydrogen-bond donors (Lipinski definition) is 2.